The van der Waals surface area contributed by atoms with Gasteiger partial charge in [-0.1, -0.05) is 0 Å². The van der Waals surface area contributed by atoms with E-state index in [-0.39, 0.29) is 10.2 Å². The van der Waals surface area contributed by atoms with Gasteiger partial charge in [-0.3, -0.25) is 0 Å². The summed E-state index contributed by atoms with van der Waals surface area (Å²) >= 11 is 3.00. The number of benzene rings is 1. The smallest absolute Gasteiger partial charge is 0.405 e. The van der Waals surface area contributed by atoms with Gasteiger partial charge >= 0.3 is 6.36 Å². The molecule has 0 aliphatic rings. The largest absolute Gasteiger partial charge is 0.573 e. The van der Waals surface area contributed by atoms with Crippen molar-refractivity contribution in [3.05, 3.63) is 46.6 Å². The quantitative estimate of drug-likeness (QED) is 0.886. The highest BCUT2D eigenvalue weighted by atomic mass is 79.9. The molecule has 1 N–H and O–H groups in total. The number of rotatable bonds is 3. The molecule has 2 rings (SSSR count). The van der Waals surface area contributed by atoms with Crippen LogP contribution in [0.1, 0.15) is 5.56 Å². The minimum absolute atomic E-state index is 0.140. The number of pyridine rings is 1. The first-order chi connectivity index (χ1) is 9.87. The van der Waals surface area contributed by atoms with Gasteiger partial charge in [-0.25, -0.2) is 4.98 Å². The van der Waals surface area contributed by atoms with Crippen LogP contribution in [-0.2, 0) is 0 Å². The first-order valence-electron chi connectivity index (χ1n) is 5.56. The van der Waals surface area contributed by atoms with Crippen molar-refractivity contribution < 1.29 is 17.9 Å². The second-order valence-electron chi connectivity index (χ2n) is 3.86. The molecule has 0 aliphatic carbocycles. The molecule has 0 atom stereocenters. The van der Waals surface area contributed by atoms with Crippen molar-refractivity contribution in [3.63, 3.8) is 0 Å². The van der Waals surface area contributed by atoms with Gasteiger partial charge in [-0.15, -0.1) is 13.2 Å². The van der Waals surface area contributed by atoms with E-state index < -0.39 is 6.36 Å². The minimum Gasteiger partial charge on any atom is -0.405 e. The molecule has 108 valence electrons. The van der Waals surface area contributed by atoms with Crippen LogP contribution >= 0.6 is 15.9 Å². The number of halogens is 4. The lowest BCUT2D eigenvalue weighted by atomic mass is 10.2. The Kier molecular flexibility index (Phi) is 4.33. The molecule has 1 aromatic carbocycles. The average Bonchev–Trinajstić information content (AvgIpc) is 2.41. The Morgan fingerprint density at radius 2 is 2.00 bits per heavy atom. The van der Waals surface area contributed by atoms with Crippen molar-refractivity contribution in [1.29, 1.82) is 5.26 Å². The SMILES string of the molecule is N#Cc1ccnc(Nc2ccc(OC(F)(F)F)c(Br)c2)c1. The Hall–Kier alpha value is -2.27. The maximum atomic E-state index is 12.2. The van der Waals surface area contributed by atoms with Crippen LogP contribution in [0.15, 0.2) is 41.0 Å². The Morgan fingerprint density at radius 1 is 1.24 bits per heavy atom. The van der Waals surface area contributed by atoms with Crippen LogP contribution in [0.25, 0.3) is 0 Å². The maximum Gasteiger partial charge on any atom is 0.573 e. The van der Waals surface area contributed by atoms with Crippen molar-refractivity contribution in [2.24, 2.45) is 0 Å². The number of aromatic nitrogens is 1. The third kappa shape index (κ3) is 4.36. The monoisotopic (exact) mass is 357 g/mol. The van der Waals surface area contributed by atoms with Gasteiger partial charge in [0.25, 0.3) is 0 Å². The van der Waals surface area contributed by atoms with Gasteiger partial charge in [0.15, 0.2) is 0 Å². The Labute approximate surface area is 126 Å². The number of nitrogens with one attached hydrogen (secondary N) is 1. The molecule has 0 fully saturated rings. The summed E-state index contributed by atoms with van der Waals surface area (Å²) in [5.74, 6) is 0.0669. The molecule has 0 radical (unpaired) electrons. The van der Waals surface area contributed by atoms with Crippen LogP contribution in [0.3, 0.4) is 0 Å². The number of nitriles is 1. The minimum atomic E-state index is -4.75. The van der Waals surface area contributed by atoms with Crippen LogP contribution in [0, 0.1) is 11.3 Å². The summed E-state index contributed by atoms with van der Waals surface area (Å²) in [5, 5.41) is 11.7. The summed E-state index contributed by atoms with van der Waals surface area (Å²) < 4.78 is 40.4. The normalized spacial score (nSPS) is 10.8. The second kappa shape index (κ2) is 6.01. The molecule has 1 aromatic heterocycles. The summed E-state index contributed by atoms with van der Waals surface area (Å²) in [6, 6.07) is 9.03. The molecule has 0 saturated heterocycles. The number of hydrogen-bond donors (Lipinski definition) is 1. The van der Waals surface area contributed by atoms with Gasteiger partial charge in [0.05, 0.1) is 16.1 Å². The van der Waals surface area contributed by atoms with E-state index >= 15 is 0 Å². The fraction of sp³-hybridized carbons (Fsp3) is 0.0769. The van der Waals surface area contributed by atoms with Crippen molar-refractivity contribution in [2.45, 2.75) is 6.36 Å². The number of ether oxygens (including phenoxy) is 1. The van der Waals surface area contributed by atoms with Crippen LogP contribution in [0.2, 0.25) is 0 Å². The highest BCUT2D eigenvalue weighted by Crippen LogP contribution is 2.33. The Balaban J connectivity index is 2.18. The summed E-state index contributed by atoms with van der Waals surface area (Å²) in [7, 11) is 0. The summed E-state index contributed by atoms with van der Waals surface area (Å²) in [6.07, 6.45) is -3.29. The average molecular weight is 358 g/mol. The van der Waals surface area contributed by atoms with Gasteiger partial charge in [-0.2, -0.15) is 5.26 Å². The molecule has 0 saturated carbocycles. The zero-order valence-corrected chi connectivity index (χ0v) is 11.9. The third-order valence-electron chi connectivity index (χ3n) is 2.32. The fourth-order valence-electron chi connectivity index (χ4n) is 1.50. The lowest BCUT2D eigenvalue weighted by Gasteiger charge is -2.12. The Bertz CT molecular complexity index is 698. The zero-order chi connectivity index (χ0) is 15.5. The molecule has 0 amide bonds. The van der Waals surface area contributed by atoms with E-state index in [1.165, 1.54) is 30.5 Å². The van der Waals surface area contributed by atoms with Crippen LogP contribution < -0.4 is 10.1 Å². The van der Waals surface area contributed by atoms with E-state index in [2.05, 4.69) is 31.0 Å². The first-order valence-corrected chi connectivity index (χ1v) is 6.35. The molecule has 8 heteroatoms. The molecule has 2 aromatic rings. The molecule has 0 spiro atoms. The van der Waals surface area contributed by atoms with Crippen molar-refractivity contribution in [1.82, 2.24) is 4.98 Å². The van der Waals surface area contributed by atoms with Gasteiger partial charge in [-0.05, 0) is 46.3 Å². The fourth-order valence-corrected chi connectivity index (χ4v) is 1.96. The predicted octanol–water partition coefficient (Wildman–Crippen LogP) is 4.36. The molecule has 1 heterocycles. The summed E-state index contributed by atoms with van der Waals surface area (Å²) in [4.78, 5) is 4.01. The van der Waals surface area contributed by atoms with E-state index in [0.717, 1.165) is 0 Å². The summed E-state index contributed by atoms with van der Waals surface area (Å²) in [5.41, 5.74) is 0.919. The van der Waals surface area contributed by atoms with Crippen molar-refractivity contribution in [3.8, 4) is 11.8 Å². The van der Waals surface area contributed by atoms with Gasteiger partial charge < -0.3 is 10.1 Å². The van der Waals surface area contributed by atoms with E-state index in [4.69, 9.17) is 5.26 Å². The molecule has 4 nitrogen and oxygen atoms in total. The van der Waals surface area contributed by atoms with E-state index in [1.54, 1.807) is 6.07 Å². The van der Waals surface area contributed by atoms with Crippen molar-refractivity contribution >= 4 is 27.4 Å². The van der Waals surface area contributed by atoms with E-state index in [1.807, 2.05) is 6.07 Å². The number of nitrogens with zero attached hydrogens (tertiary/aromatic N) is 2. The van der Waals surface area contributed by atoms with Crippen LogP contribution in [0.4, 0.5) is 24.7 Å². The van der Waals surface area contributed by atoms with Gasteiger partial charge in [0, 0.05) is 11.9 Å². The Morgan fingerprint density at radius 3 is 2.62 bits per heavy atom. The van der Waals surface area contributed by atoms with E-state index in [0.29, 0.717) is 17.1 Å². The topological polar surface area (TPSA) is 57.9 Å². The lowest BCUT2D eigenvalue weighted by Crippen LogP contribution is -2.17. The van der Waals surface area contributed by atoms with Gasteiger partial charge in [0.1, 0.15) is 11.6 Å². The highest BCUT2D eigenvalue weighted by Gasteiger charge is 2.31. The first kappa shape index (κ1) is 15.1. The summed E-state index contributed by atoms with van der Waals surface area (Å²) in [6.45, 7) is 0. The maximum absolute atomic E-state index is 12.2. The number of hydrogen-bond acceptors (Lipinski definition) is 4. The number of anilines is 2. The second-order valence-corrected chi connectivity index (χ2v) is 4.71. The molecular formula is C13H7BrF3N3O. The molecule has 0 unspecified atom stereocenters. The molecular weight excluding hydrogens is 351 g/mol. The highest BCUT2D eigenvalue weighted by molar-refractivity contribution is 9.10. The third-order valence-corrected chi connectivity index (χ3v) is 2.94. The molecule has 21 heavy (non-hydrogen) atoms. The number of alkyl halides is 3. The standard InChI is InChI=1S/C13H7BrF3N3O/c14-10-6-9(1-2-11(10)21-13(15,16)17)20-12-5-8(7-18)3-4-19-12/h1-6H,(H,19,20). The van der Waals surface area contributed by atoms with E-state index in [9.17, 15) is 13.2 Å². The zero-order valence-electron chi connectivity index (χ0n) is 10.3. The van der Waals surface area contributed by atoms with Crippen LogP contribution in [-0.4, -0.2) is 11.3 Å². The van der Waals surface area contributed by atoms with Crippen LogP contribution in [0.5, 0.6) is 5.75 Å². The predicted molar refractivity (Wildman–Crippen MR) is 73.1 cm³/mol. The molecule has 0 aliphatic heterocycles. The van der Waals surface area contributed by atoms with Crippen molar-refractivity contribution in [2.75, 3.05) is 5.32 Å². The molecule has 0 bridgehead atoms. The van der Waals surface area contributed by atoms with Gasteiger partial charge in [0.2, 0.25) is 0 Å². The lowest BCUT2D eigenvalue weighted by molar-refractivity contribution is -0.274.